The SMILES string of the molecule is COCCOc1cccc(NC(=O)C(C)(C)C)c1. The number of benzene rings is 1. The molecule has 4 heteroatoms. The largest absolute Gasteiger partial charge is 0.491 e. The maximum Gasteiger partial charge on any atom is 0.229 e. The van der Waals surface area contributed by atoms with Crippen LogP contribution in [0.15, 0.2) is 24.3 Å². The predicted molar refractivity (Wildman–Crippen MR) is 71.9 cm³/mol. The number of nitrogens with one attached hydrogen (secondary N) is 1. The summed E-state index contributed by atoms with van der Waals surface area (Å²) in [5.74, 6) is 0.704. The first-order valence-electron chi connectivity index (χ1n) is 5.97. The molecule has 1 amide bonds. The van der Waals surface area contributed by atoms with E-state index in [2.05, 4.69) is 5.32 Å². The second-order valence-corrected chi connectivity index (χ2v) is 5.07. The van der Waals surface area contributed by atoms with Gasteiger partial charge in [-0.3, -0.25) is 4.79 Å². The van der Waals surface area contributed by atoms with Crippen LogP contribution in [0.4, 0.5) is 5.69 Å². The number of hydrogen-bond acceptors (Lipinski definition) is 3. The molecule has 18 heavy (non-hydrogen) atoms. The molecule has 1 rings (SSSR count). The number of hydrogen-bond donors (Lipinski definition) is 1. The van der Waals surface area contributed by atoms with E-state index in [0.717, 1.165) is 11.4 Å². The Morgan fingerprint density at radius 2 is 2.00 bits per heavy atom. The lowest BCUT2D eigenvalue weighted by atomic mass is 9.95. The number of methoxy groups -OCH3 is 1. The van der Waals surface area contributed by atoms with Crippen LogP contribution in [0.2, 0.25) is 0 Å². The number of anilines is 1. The van der Waals surface area contributed by atoms with Gasteiger partial charge in [-0.2, -0.15) is 0 Å². The van der Waals surface area contributed by atoms with E-state index in [4.69, 9.17) is 9.47 Å². The van der Waals surface area contributed by atoms with E-state index >= 15 is 0 Å². The van der Waals surface area contributed by atoms with Gasteiger partial charge in [-0.05, 0) is 12.1 Å². The van der Waals surface area contributed by atoms with Gasteiger partial charge in [0.25, 0.3) is 0 Å². The summed E-state index contributed by atoms with van der Waals surface area (Å²) in [6.45, 7) is 6.66. The number of carbonyl (C=O) groups excluding carboxylic acids is 1. The normalized spacial score (nSPS) is 11.1. The molecular formula is C14H21NO3. The zero-order valence-electron chi connectivity index (χ0n) is 11.4. The fourth-order valence-corrected chi connectivity index (χ4v) is 1.23. The van der Waals surface area contributed by atoms with Crippen molar-refractivity contribution in [3.8, 4) is 5.75 Å². The molecule has 1 N–H and O–H groups in total. The van der Waals surface area contributed by atoms with Crippen LogP contribution >= 0.6 is 0 Å². The van der Waals surface area contributed by atoms with E-state index < -0.39 is 5.41 Å². The van der Waals surface area contributed by atoms with E-state index in [-0.39, 0.29) is 5.91 Å². The molecule has 1 aromatic carbocycles. The molecule has 0 radical (unpaired) electrons. The Morgan fingerprint density at radius 1 is 1.28 bits per heavy atom. The quantitative estimate of drug-likeness (QED) is 0.818. The Balaban J connectivity index is 2.62. The summed E-state index contributed by atoms with van der Waals surface area (Å²) in [4.78, 5) is 11.8. The van der Waals surface area contributed by atoms with Crippen molar-refractivity contribution in [2.75, 3.05) is 25.6 Å². The van der Waals surface area contributed by atoms with Gasteiger partial charge in [-0.1, -0.05) is 26.8 Å². The van der Waals surface area contributed by atoms with Gasteiger partial charge in [-0.25, -0.2) is 0 Å². The molecule has 0 atom stereocenters. The van der Waals surface area contributed by atoms with E-state index in [1.807, 2.05) is 39.0 Å². The molecule has 0 unspecified atom stereocenters. The Morgan fingerprint density at radius 3 is 2.61 bits per heavy atom. The summed E-state index contributed by atoms with van der Waals surface area (Å²) in [5.41, 5.74) is 0.331. The molecule has 0 aromatic heterocycles. The third kappa shape index (κ3) is 4.75. The van der Waals surface area contributed by atoms with E-state index in [1.165, 1.54) is 0 Å². The van der Waals surface area contributed by atoms with Crippen LogP contribution in [-0.4, -0.2) is 26.2 Å². The van der Waals surface area contributed by atoms with Crippen molar-refractivity contribution < 1.29 is 14.3 Å². The van der Waals surface area contributed by atoms with Gasteiger partial charge in [-0.15, -0.1) is 0 Å². The summed E-state index contributed by atoms with van der Waals surface area (Å²) in [7, 11) is 1.63. The molecule has 0 aliphatic rings. The zero-order valence-corrected chi connectivity index (χ0v) is 11.4. The van der Waals surface area contributed by atoms with Crippen LogP contribution < -0.4 is 10.1 Å². The first kappa shape index (κ1) is 14.5. The molecule has 0 fully saturated rings. The monoisotopic (exact) mass is 251 g/mol. The summed E-state index contributed by atoms with van der Waals surface area (Å²) in [5, 5.41) is 2.86. The molecular weight excluding hydrogens is 230 g/mol. The Bertz CT molecular complexity index is 396. The second-order valence-electron chi connectivity index (χ2n) is 5.07. The van der Waals surface area contributed by atoms with Crippen LogP contribution in [0, 0.1) is 5.41 Å². The summed E-state index contributed by atoms with van der Waals surface area (Å²) < 4.78 is 10.4. The number of carbonyl (C=O) groups is 1. The minimum absolute atomic E-state index is 0.0171. The molecule has 0 aliphatic carbocycles. The predicted octanol–water partition coefficient (Wildman–Crippen LogP) is 2.70. The molecule has 0 saturated carbocycles. The highest BCUT2D eigenvalue weighted by atomic mass is 16.5. The lowest BCUT2D eigenvalue weighted by Crippen LogP contribution is -2.27. The minimum Gasteiger partial charge on any atom is -0.491 e. The van der Waals surface area contributed by atoms with Gasteiger partial charge >= 0.3 is 0 Å². The summed E-state index contributed by atoms with van der Waals surface area (Å²) >= 11 is 0. The molecule has 0 bridgehead atoms. The average molecular weight is 251 g/mol. The number of ether oxygens (including phenoxy) is 2. The molecule has 100 valence electrons. The number of amides is 1. The highest BCUT2D eigenvalue weighted by Crippen LogP contribution is 2.21. The zero-order chi connectivity index (χ0) is 13.6. The van der Waals surface area contributed by atoms with Crippen molar-refractivity contribution in [3.05, 3.63) is 24.3 Å². The summed E-state index contributed by atoms with van der Waals surface area (Å²) in [6, 6.07) is 7.34. The van der Waals surface area contributed by atoms with Gasteiger partial charge in [0.15, 0.2) is 0 Å². The van der Waals surface area contributed by atoms with Crippen LogP contribution in [-0.2, 0) is 9.53 Å². The van der Waals surface area contributed by atoms with Crippen LogP contribution in [0.25, 0.3) is 0 Å². The van der Waals surface area contributed by atoms with Crippen molar-refractivity contribution in [2.24, 2.45) is 5.41 Å². The van der Waals surface area contributed by atoms with Crippen molar-refractivity contribution >= 4 is 11.6 Å². The van der Waals surface area contributed by atoms with Gasteiger partial charge in [0.05, 0.1) is 6.61 Å². The Hall–Kier alpha value is -1.55. The molecule has 0 heterocycles. The second kappa shape index (κ2) is 6.40. The fraction of sp³-hybridized carbons (Fsp3) is 0.500. The van der Waals surface area contributed by atoms with Crippen molar-refractivity contribution in [3.63, 3.8) is 0 Å². The third-order valence-corrected chi connectivity index (χ3v) is 2.33. The van der Waals surface area contributed by atoms with E-state index in [1.54, 1.807) is 13.2 Å². The van der Waals surface area contributed by atoms with Crippen molar-refractivity contribution in [1.82, 2.24) is 0 Å². The molecule has 4 nitrogen and oxygen atoms in total. The highest BCUT2D eigenvalue weighted by Gasteiger charge is 2.21. The first-order valence-corrected chi connectivity index (χ1v) is 5.97. The Labute approximate surface area is 108 Å². The van der Waals surface area contributed by atoms with Gasteiger partial charge in [0.2, 0.25) is 5.91 Å². The van der Waals surface area contributed by atoms with Crippen LogP contribution in [0.5, 0.6) is 5.75 Å². The number of rotatable bonds is 5. The maximum absolute atomic E-state index is 11.8. The fourth-order valence-electron chi connectivity index (χ4n) is 1.23. The Kier molecular flexibility index (Phi) is 5.16. The summed E-state index contributed by atoms with van der Waals surface area (Å²) in [6.07, 6.45) is 0. The smallest absolute Gasteiger partial charge is 0.229 e. The van der Waals surface area contributed by atoms with Gasteiger partial charge < -0.3 is 14.8 Å². The maximum atomic E-state index is 11.8. The first-order chi connectivity index (χ1) is 8.43. The van der Waals surface area contributed by atoms with Crippen molar-refractivity contribution in [2.45, 2.75) is 20.8 Å². The van der Waals surface area contributed by atoms with Crippen LogP contribution in [0.3, 0.4) is 0 Å². The van der Waals surface area contributed by atoms with Crippen molar-refractivity contribution in [1.29, 1.82) is 0 Å². The highest BCUT2D eigenvalue weighted by molar-refractivity contribution is 5.94. The lowest BCUT2D eigenvalue weighted by molar-refractivity contribution is -0.123. The molecule has 0 saturated heterocycles. The standard InChI is InChI=1S/C14H21NO3/c1-14(2,3)13(16)15-11-6-5-7-12(10-11)18-9-8-17-4/h5-7,10H,8-9H2,1-4H3,(H,15,16). The third-order valence-electron chi connectivity index (χ3n) is 2.33. The topological polar surface area (TPSA) is 47.6 Å². The molecule has 0 spiro atoms. The van der Waals surface area contributed by atoms with E-state index in [0.29, 0.717) is 13.2 Å². The van der Waals surface area contributed by atoms with Gasteiger partial charge in [0.1, 0.15) is 12.4 Å². The molecule has 1 aromatic rings. The molecule has 0 aliphatic heterocycles. The minimum atomic E-state index is -0.410. The van der Waals surface area contributed by atoms with E-state index in [9.17, 15) is 4.79 Å². The average Bonchev–Trinajstić information content (AvgIpc) is 2.28. The lowest BCUT2D eigenvalue weighted by Gasteiger charge is -2.18. The van der Waals surface area contributed by atoms with Crippen LogP contribution in [0.1, 0.15) is 20.8 Å². The van der Waals surface area contributed by atoms with Gasteiger partial charge in [0, 0.05) is 24.3 Å².